The molecular weight excluding hydrogens is 356 g/mol. The average Bonchev–Trinajstić information content (AvgIpc) is 3.54. The Morgan fingerprint density at radius 2 is 1.93 bits per heavy atom. The van der Waals surface area contributed by atoms with E-state index >= 15 is 0 Å². The number of hydrogen-bond acceptors (Lipinski definition) is 5. The topological polar surface area (TPSA) is 77.0 Å². The molecule has 1 heterocycles. The highest BCUT2D eigenvalue weighted by atomic mass is 16.5. The summed E-state index contributed by atoms with van der Waals surface area (Å²) in [5.41, 5.74) is 1.05. The molecule has 0 aromatic carbocycles. The second-order valence-electron chi connectivity index (χ2n) is 6.96. The normalized spacial score (nSPS) is 14.1. The van der Waals surface area contributed by atoms with Gasteiger partial charge in [0.25, 0.3) is 0 Å². The number of rotatable bonds is 15. The number of aliphatic imine (C=N–C) groups is 1. The lowest BCUT2D eigenvalue weighted by Crippen LogP contribution is -2.39. The van der Waals surface area contributed by atoms with Crippen molar-refractivity contribution in [2.24, 2.45) is 10.9 Å². The van der Waals surface area contributed by atoms with Crippen LogP contribution >= 0.6 is 0 Å². The molecule has 0 spiro atoms. The number of pyridine rings is 1. The van der Waals surface area contributed by atoms with E-state index in [1.165, 1.54) is 12.8 Å². The molecule has 0 aliphatic heterocycles. The number of ether oxygens (including phenoxy) is 3. The van der Waals surface area contributed by atoms with Crippen LogP contribution in [0.3, 0.4) is 0 Å². The van der Waals surface area contributed by atoms with Crippen LogP contribution in [0.1, 0.15) is 45.1 Å². The molecule has 0 amide bonds. The number of nitrogens with one attached hydrogen (secondary N) is 2. The van der Waals surface area contributed by atoms with E-state index in [-0.39, 0.29) is 0 Å². The predicted molar refractivity (Wildman–Crippen MR) is 112 cm³/mol. The van der Waals surface area contributed by atoms with Crippen molar-refractivity contribution in [3.05, 3.63) is 23.9 Å². The number of aromatic nitrogens is 1. The fraction of sp³-hybridized carbons (Fsp3) is 0.714. The largest absolute Gasteiger partial charge is 0.477 e. The predicted octanol–water partition coefficient (Wildman–Crippen LogP) is 2.76. The van der Waals surface area contributed by atoms with E-state index in [1.807, 2.05) is 18.3 Å². The zero-order valence-corrected chi connectivity index (χ0v) is 17.4. The minimum atomic E-state index is 0.567. The lowest BCUT2D eigenvalue weighted by Gasteiger charge is -2.12. The highest BCUT2D eigenvalue weighted by Gasteiger charge is 2.21. The maximum atomic E-state index is 5.67. The van der Waals surface area contributed by atoms with Crippen molar-refractivity contribution < 1.29 is 14.2 Å². The first-order valence-electron chi connectivity index (χ1n) is 10.6. The zero-order chi connectivity index (χ0) is 19.9. The van der Waals surface area contributed by atoms with Gasteiger partial charge >= 0.3 is 0 Å². The van der Waals surface area contributed by atoms with E-state index in [9.17, 15) is 0 Å². The first-order valence-corrected chi connectivity index (χ1v) is 10.6. The van der Waals surface area contributed by atoms with Crippen LogP contribution in [0.4, 0.5) is 0 Å². The summed E-state index contributed by atoms with van der Waals surface area (Å²) >= 11 is 0. The van der Waals surface area contributed by atoms with Gasteiger partial charge < -0.3 is 24.8 Å². The van der Waals surface area contributed by atoms with Crippen LogP contribution < -0.4 is 15.4 Å². The lowest BCUT2D eigenvalue weighted by atomic mass is 10.3. The maximum Gasteiger partial charge on any atom is 0.213 e. The molecule has 7 nitrogen and oxygen atoms in total. The Kier molecular flexibility index (Phi) is 11.4. The van der Waals surface area contributed by atoms with Crippen molar-refractivity contribution in [3.8, 4) is 5.88 Å². The summed E-state index contributed by atoms with van der Waals surface area (Å²) in [4.78, 5) is 8.96. The van der Waals surface area contributed by atoms with E-state index in [4.69, 9.17) is 14.2 Å². The summed E-state index contributed by atoms with van der Waals surface area (Å²) in [6, 6.07) is 3.94. The van der Waals surface area contributed by atoms with Crippen LogP contribution in [-0.4, -0.2) is 57.1 Å². The van der Waals surface area contributed by atoms with Gasteiger partial charge in [-0.3, -0.25) is 0 Å². The van der Waals surface area contributed by atoms with Gasteiger partial charge in [-0.15, -0.1) is 0 Å². The molecule has 1 aliphatic rings. The lowest BCUT2D eigenvalue weighted by molar-refractivity contribution is 0.0487. The molecular formula is C21H36N4O3. The smallest absolute Gasteiger partial charge is 0.213 e. The standard InChI is InChI=1S/C21H36N4O3/c1-3-5-11-26-13-14-27-12-10-23-21(22-4-2)25-16-19-8-9-20(24-15-19)28-17-18-6-7-18/h8-9,15,18H,3-7,10-14,16-17H2,1-2H3,(H2,22,23,25). The second kappa shape index (κ2) is 14.2. The van der Waals surface area contributed by atoms with Crippen molar-refractivity contribution in [2.75, 3.05) is 46.1 Å². The molecule has 0 bridgehead atoms. The average molecular weight is 393 g/mol. The van der Waals surface area contributed by atoms with E-state index in [0.29, 0.717) is 38.8 Å². The monoisotopic (exact) mass is 392 g/mol. The van der Waals surface area contributed by atoms with Gasteiger partial charge in [-0.05, 0) is 37.7 Å². The van der Waals surface area contributed by atoms with Gasteiger partial charge in [-0.1, -0.05) is 19.4 Å². The van der Waals surface area contributed by atoms with Gasteiger partial charge in [0, 0.05) is 32.0 Å². The van der Waals surface area contributed by atoms with Crippen LogP contribution in [-0.2, 0) is 16.0 Å². The van der Waals surface area contributed by atoms with Crippen molar-refractivity contribution in [2.45, 2.75) is 46.1 Å². The fourth-order valence-corrected chi connectivity index (χ4v) is 2.40. The number of hydrogen-bond donors (Lipinski definition) is 2. The quantitative estimate of drug-likeness (QED) is 0.272. The molecule has 1 aromatic rings. The molecule has 1 saturated carbocycles. The molecule has 158 valence electrons. The maximum absolute atomic E-state index is 5.67. The summed E-state index contributed by atoms with van der Waals surface area (Å²) < 4.78 is 16.7. The van der Waals surface area contributed by atoms with Gasteiger partial charge in [0.1, 0.15) is 0 Å². The highest BCUT2D eigenvalue weighted by molar-refractivity contribution is 5.79. The first-order chi connectivity index (χ1) is 13.8. The number of guanidine groups is 1. The van der Waals surface area contributed by atoms with Crippen LogP contribution in [0.15, 0.2) is 23.3 Å². The van der Waals surface area contributed by atoms with E-state index in [1.54, 1.807) is 0 Å². The van der Waals surface area contributed by atoms with E-state index < -0.39 is 0 Å². The summed E-state index contributed by atoms with van der Waals surface area (Å²) in [7, 11) is 0. The second-order valence-corrected chi connectivity index (χ2v) is 6.96. The van der Waals surface area contributed by atoms with Crippen LogP contribution in [0.25, 0.3) is 0 Å². The minimum absolute atomic E-state index is 0.567. The number of nitrogens with zero attached hydrogens (tertiary/aromatic N) is 2. The zero-order valence-electron chi connectivity index (χ0n) is 17.4. The SMILES string of the molecule is CCCCOCCOCCNC(=NCc1ccc(OCC2CC2)nc1)NCC. The van der Waals surface area contributed by atoms with E-state index in [2.05, 4.69) is 34.5 Å². The summed E-state index contributed by atoms with van der Waals surface area (Å²) in [6.07, 6.45) is 6.66. The minimum Gasteiger partial charge on any atom is -0.477 e. The molecule has 28 heavy (non-hydrogen) atoms. The molecule has 0 saturated heterocycles. The van der Waals surface area contributed by atoms with Gasteiger partial charge in [0.15, 0.2) is 5.96 Å². The third kappa shape index (κ3) is 10.5. The molecule has 2 rings (SSSR count). The van der Waals surface area contributed by atoms with Gasteiger partial charge in [-0.2, -0.15) is 0 Å². The first kappa shape index (κ1) is 22.4. The van der Waals surface area contributed by atoms with Crippen LogP contribution in [0, 0.1) is 5.92 Å². The van der Waals surface area contributed by atoms with Crippen LogP contribution in [0.5, 0.6) is 5.88 Å². The Balaban J connectivity index is 1.61. The van der Waals surface area contributed by atoms with Crippen molar-refractivity contribution in [1.29, 1.82) is 0 Å². The Bertz CT molecular complexity index is 547. The van der Waals surface area contributed by atoms with Crippen LogP contribution in [0.2, 0.25) is 0 Å². The molecule has 2 N–H and O–H groups in total. The number of unbranched alkanes of at least 4 members (excludes halogenated alkanes) is 1. The van der Waals surface area contributed by atoms with Gasteiger partial charge in [0.05, 0.1) is 33.0 Å². The third-order valence-electron chi connectivity index (χ3n) is 4.28. The highest BCUT2D eigenvalue weighted by Crippen LogP contribution is 2.29. The summed E-state index contributed by atoms with van der Waals surface area (Å²) in [5.74, 6) is 2.21. The molecule has 1 aliphatic carbocycles. The van der Waals surface area contributed by atoms with Crippen molar-refractivity contribution in [3.63, 3.8) is 0 Å². The summed E-state index contributed by atoms with van der Waals surface area (Å²) in [5, 5.41) is 6.52. The molecule has 0 unspecified atom stereocenters. The molecule has 7 heteroatoms. The Labute approximate surface area is 169 Å². The summed E-state index contributed by atoms with van der Waals surface area (Å²) in [6.45, 7) is 9.79. The van der Waals surface area contributed by atoms with Gasteiger partial charge in [-0.25, -0.2) is 9.98 Å². The Hall–Kier alpha value is -1.86. The fourth-order valence-electron chi connectivity index (χ4n) is 2.40. The molecule has 1 fully saturated rings. The molecule has 1 aromatic heterocycles. The van der Waals surface area contributed by atoms with E-state index in [0.717, 1.165) is 50.0 Å². The Morgan fingerprint density at radius 1 is 1.11 bits per heavy atom. The third-order valence-corrected chi connectivity index (χ3v) is 4.28. The molecule has 0 atom stereocenters. The van der Waals surface area contributed by atoms with Crippen molar-refractivity contribution in [1.82, 2.24) is 15.6 Å². The van der Waals surface area contributed by atoms with Crippen molar-refractivity contribution >= 4 is 5.96 Å². The molecule has 0 radical (unpaired) electrons. The van der Waals surface area contributed by atoms with Gasteiger partial charge in [0.2, 0.25) is 5.88 Å². The Morgan fingerprint density at radius 3 is 2.61 bits per heavy atom.